The van der Waals surface area contributed by atoms with Crippen LogP contribution in [0.5, 0.6) is 0 Å². The predicted octanol–water partition coefficient (Wildman–Crippen LogP) is 3.17. The zero-order chi connectivity index (χ0) is 14.3. The van der Waals surface area contributed by atoms with Crippen LogP contribution in [-0.4, -0.2) is 37.1 Å². The molecule has 1 rings (SSSR count). The molecule has 1 atom stereocenters. The van der Waals surface area contributed by atoms with E-state index in [1.807, 2.05) is 0 Å². The molecule has 0 aromatic heterocycles. The zero-order valence-electron chi connectivity index (χ0n) is 13.2. The number of rotatable bonds is 7. The van der Waals surface area contributed by atoms with E-state index in [0.29, 0.717) is 5.41 Å². The minimum atomic E-state index is 0.0161. The fourth-order valence-electron chi connectivity index (χ4n) is 2.87. The van der Waals surface area contributed by atoms with Gasteiger partial charge in [-0.15, -0.1) is 0 Å². The molecule has 1 fully saturated rings. The van der Waals surface area contributed by atoms with Crippen molar-refractivity contribution in [3.63, 3.8) is 0 Å². The maximum atomic E-state index is 9.11. The molecule has 1 aliphatic rings. The van der Waals surface area contributed by atoms with E-state index < -0.39 is 0 Å². The van der Waals surface area contributed by atoms with E-state index in [2.05, 4.69) is 44.1 Å². The molecular formula is C16H31N3. The van der Waals surface area contributed by atoms with Gasteiger partial charge in [0.25, 0.3) is 0 Å². The number of nitrogens with zero attached hydrogens (tertiary/aromatic N) is 2. The average molecular weight is 265 g/mol. The largest absolute Gasteiger partial charge is 0.303 e. The van der Waals surface area contributed by atoms with E-state index in [1.165, 1.54) is 25.7 Å². The van der Waals surface area contributed by atoms with Crippen molar-refractivity contribution in [3.8, 4) is 6.07 Å². The Balaban J connectivity index is 2.27. The van der Waals surface area contributed by atoms with Crippen LogP contribution < -0.4 is 5.32 Å². The van der Waals surface area contributed by atoms with Gasteiger partial charge in [-0.2, -0.15) is 5.26 Å². The molecule has 1 aliphatic carbocycles. The third-order valence-corrected chi connectivity index (χ3v) is 4.50. The molecule has 0 radical (unpaired) electrons. The smallest absolute Gasteiger partial charge is 0.0965 e. The molecular weight excluding hydrogens is 234 g/mol. The second-order valence-corrected chi connectivity index (χ2v) is 6.80. The minimum absolute atomic E-state index is 0.0161. The van der Waals surface area contributed by atoms with Crippen molar-refractivity contribution in [1.29, 1.82) is 5.26 Å². The summed E-state index contributed by atoms with van der Waals surface area (Å²) in [6, 6.07) is 3.11. The molecule has 0 spiro atoms. The van der Waals surface area contributed by atoms with Crippen LogP contribution in [0.1, 0.15) is 59.3 Å². The summed E-state index contributed by atoms with van der Waals surface area (Å²) in [5.74, 6) is 0. The SMILES string of the molecule is CCCNC(C#N)CCN(C)C1CCC(C)(C)CC1. The molecule has 1 unspecified atom stereocenters. The number of nitriles is 1. The molecule has 19 heavy (non-hydrogen) atoms. The first-order valence-corrected chi connectivity index (χ1v) is 7.82. The molecule has 0 aromatic rings. The summed E-state index contributed by atoms with van der Waals surface area (Å²) in [5, 5.41) is 12.4. The van der Waals surface area contributed by atoms with Crippen molar-refractivity contribution >= 4 is 0 Å². The fourth-order valence-corrected chi connectivity index (χ4v) is 2.87. The van der Waals surface area contributed by atoms with Crippen LogP contribution in [-0.2, 0) is 0 Å². The Labute approximate surface area is 119 Å². The number of hydrogen-bond acceptors (Lipinski definition) is 3. The first kappa shape index (κ1) is 16.5. The average Bonchev–Trinajstić information content (AvgIpc) is 2.38. The maximum absolute atomic E-state index is 9.11. The predicted molar refractivity (Wildman–Crippen MR) is 81.0 cm³/mol. The van der Waals surface area contributed by atoms with Crippen LogP contribution in [0, 0.1) is 16.7 Å². The summed E-state index contributed by atoms with van der Waals surface area (Å²) in [4.78, 5) is 2.47. The Kier molecular flexibility index (Phi) is 6.82. The van der Waals surface area contributed by atoms with Crippen LogP contribution in [0.15, 0.2) is 0 Å². The number of nitrogens with one attached hydrogen (secondary N) is 1. The van der Waals surface area contributed by atoms with E-state index in [9.17, 15) is 0 Å². The van der Waals surface area contributed by atoms with Gasteiger partial charge in [-0.05, 0) is 57.5 Å². The van der Waals surface area contributed by atoms with Gasteiger partial charge in [0, 0.05) is 12.6 Å². The topological polar surface area (TPSA) is 39.1 Å². The Morgan fingerprint density at radius 3 is 2.53 bits per heavy atom. The highest BCUT2D eigenvalue weighted by atomic mass is 15.1. The van der Waals surface area contributed by atoms with Gasteiger partial charge in [0.1, 0.15) is 0 Å². The maximum Gasteiger partial charge on any atom is 0.0965 e. The zero-order valence-corrected chi connectivity index (χ0v) is 13.2. The lowest BCUT2D eigenvalue weighted by atomic mass is 9.75. The van der Waals surface area contributed by atoms with Gasteiger partial charge in [0.2, 0.25) is 0 Å². The summed E-state index contributed by atoms with van der Waals surface area (Å²) in [7, 11) is 2.22. The van der Waals surface area contributed by atoms with Crippen LogP contribution in [0.2, 0.25) is 0 Å². The third-order valence-electron chi connectivity index (χ3n) is 4.50. The first-order valence-electron chi connectivity index (χ1n) is 7.82. The van der Waals surface area contributed by atoms with Crippen LogP contribution in [0.25, 0.3) is 0 Å². The van der Waals surface area contributed by atoms with Crippen molar-refractivity contribution in [3.05, 3.63) is 0 Å². The normalized spacial score (nSPS) is 21.3. The summed E-state index contributed by atoms with van der Waals surface area (Å²) in [6.45, 7) is 8.87. The second kappa shape index (κ2) is 7.87. The lowest BCUT2D eigenvalue weighted by Crippen LogP contribution is -2.40. The van der Waals surface area contributed by atoms with Gasteiger partial charge in [-0.3, -0.25) is 0 Å². The van der Waals surface area contributed by atoms with Crippen molar-refractivity contribution in [1.82, 2.24) is 10.2 Å². The van der Waals surface area contributed by atoms with Crippen molar-refractivity contribution in [2.24, 2.45) is 5.41 Å². The molecule has 3 heteroatoms. The quantitative estimate of drug-likeness (QED) is 0.768. The molecule has 0 amide bonds. The lowest BCUT2D eigenvalue weighted by molar-refractivity contribution is 0.125. The second-order valence-electron chi connectivity index (χ2n) is 6.80. The van der Waals surface area contributed by atoms with E-state index in [1.54, 1.807) is 0 Å². The summed E-state index contributed by atoms with van der Waals surface area (Å²) < 4.78 is 0. The first-order chi connectivity index (χ1) is 8.98. The molecule has 3 nitrogen and oxygen atoms in total. The Bertz CT molecular complexity index is 283. The highest BCUT2D eigenvalue weighted by Gasteiger charge is 2.28. The van der Waals surface area contributed by atoms with Crippen LogP contribution in [0.3, 0.4) is 0 Å². The Hall–Kier alpha value is -0.590. The van der Waals surface area contributed by atoms with Gasteiger partial charge < -0.3 is 10.2 Å². The van der Waals surface area contributed by atoms with Gasteiger partial charge in [0.15, 0.2) is 0 Å². The molecule has 1 saturated carbocycles. The van der Waals surface area contributed by atoms with Gasteiger partial charge >= 0.3 is 0 Å². The van der Waals surface area contributed by atoms with Crippen molar-refractivity contribution in [2.45, 2.75) is 71.4 Å². The van der Waals surface area contributed by atoms with Gasteiger partial charge in [-0.25, -0.2) is 0 Å². The highest BCUT2D eigenvalue weighted by Crippen LogP contribution is 2.36. The molecule has 0 saturated heterocycles. The standard InChI is InChI=1S/C16H31N3/c1-5-11-18-14(13-17)8-12-19(4)15-6-9-16(2,3)10-7-15/h14-15,18H,5-12H2,1-4H3. The summed E-state index contributed by atoms with van der Waals surface area (Å²) >= 11 is 0. The van der Waals surface area contributed by atoms with E-state index >= 15 is 0 Å². The van der Waals surface area contributed by atoms with E-state index in [4.69, 9.17) is 5.26 Å². The molecule has 110 valence electrons. The summed E-state index contributed by atoms with van der Waals surface area (Å²) in [5.41, 5.74) is 0.537. The molecule has 0 aromatic carbocycles. The van der Waals surface area contributed by atoms with Gasteiger partial charge in [-0.1, -0.05) is 20.8 Å². The van der Waals surface area contributed by atoms with Crippen LogP contribution in [0.4, 0.5) is 0 Å². The van der Waals surface area contributed by atoms with Crippen molar-refractivity contribution < 1.29 is 0 Å². The highest BCUT2D eigenvalue weighted by molar-refractivity contribution is 4.91. The molecule has 0 aliphatic heterocycles. The summed E-state index contributed by atoms with van der Waals surface area (Å²) in [6.07, 6.45) is 7.31. The molecule has 0 bridgehead atoms. The molecule has 0 heterocycles. The van der Waals surface area contributed by atoms with Crippen molar-refractivity contribution in [2.75, 3.05) is 20.1 Å². The lowest BCUT2D eigenvalue weighted by Gasteiger charge is -2.38. The Morgan fingerprint density at radius 1 is 1.37 bits per heavy atom. The van der Waals surface area contributed by atoms with E-state index in [-0.39, 0.29) is 6.04 Å². The van der Waals surface area contributed by atoms with Gasteiger partial charge in [0.05, 0.1) is 12.1 Å². The minimum Gasteiger partial charge on any atom is -0.303 e. The monoisotopic (exact) mass is 265 g/mol. The number of hydrogen-bond donors (Lipinski definition) is 1. The van der Waals surface area contributed by atoms with Crippen LogP contribution >= 0.6 is 0 Å². The third kappa shape index (κ3) is 5.93. The molecule has 1 N–H and O–H groups in total. The van der Waals surface area contributed by atoms with E-state index in [0.717, 1.165) is 32.0 Å². The Morgan fingerprint density at radius 2 is 2.00 bits per heavy atom. The fraction of sp³-hybridized carbons (Fsp3) is 0.938.